The first-order chi connectivity index (χ1) is 6.70. The fourth-order valence-electron chi connectivity index (χ4n) is 1.07. The van der Waals surface area contributed by atoms with Crippen LogP contribution >= 0.6 is 0 Å². The molecule has 0 saturated heterocycles. The molecule has 2 aromatic heterocycles. The van der Waals surface area contributed by atoms with Crippen molar-refractivity contribution in [2.24, 2.45) is 0 Å². The summed E-state index contributed by atoms with van der Waals surface area (Å²) >= 11 is 0. The van der Waals surface area contributed by atoms with Crippen LogP contribution in [0.5, 0.6) is 0 Å². The van der Waals surface area contributed by atoms with Gasteiger partial charge in [-0.1, -0.05) is 0 Å². The Morgan fingerprint density at radius 1 is 1.50 bits per heavy atom. The van der Waals surface area contributed by atoms with Gasteiger partial charge in [-0.3, -0.25) is 9.20 Å². The average molecular weight is 191 g/mol. The van der Waals surface area contributed by atoms with Crippen LogP contribution in [0.1, 0.15) is 20.8 Å². The summed E-state index contributed by atoms with van der Waals surface area (Å²) in [4.78, 5) is 28.6. The van der Waals surface area contributed by atoms with E-state index in [9.17, 15) is 9.59 Å². The summed E-state index contributed by atoms with van der Waals surface area (Å²) < 4.78 is 1.40. The molecule has 0 bridgehead atoms. The third-order valence-electron chi connectivity index (χ3n) is 1.70. The Labute approximate surface area is 77.8 Å². The Balaban J connectivity index is 2.65. The lowest BCUT2D eigenvalue weighted by atomic mass is 10.3. The molecule has 0 spiro atoms. The van der Waals surface area contributed by atoms with E-state index < -0.39 is 5.97 Å². The molecular formula is C8H5N3O3. The second kappa shape index (κ2) is 2.91. The summed E-state index contributed by atoms with van der Waals surface area (Å²) in [7, 11) is 0. The van der Waals surface area contributed by atoms with E-state index in [1.54, 1.807) is 0 Å². The predicted octanol–water partition coefficient (Wildman–Crippen LogP) is 0.240. The smallest absolute Gasteiger partial charge is 0.338 e. The van der Waals surface area contributed by atoms with E-state index in [-0.39, 0.29) is 11.3 Å². The highest BCUT2D eigenvalue weighted by atomic mass is 16.4. The maximum absolute atomic E-state index is 10.6. The molecule has 0 aromatic carbocycles. The third kappa shape index (κ3) is 1.22. The van der Waals surface area contributed by atoms with Gasteiger partial charge in [0.05, 0.1) is 5.56 Å². The van der Waals surface area contributed by atoms with Crippen LogP contribution in [0.3, 0.4) is 0 Å². The molecule has 0 unspecified atom stereocenters. The molecule has 14 heavy (non-hydrogen) atoms. The van der Waals surface area contributed by atoms with Crippen molar-refractivity contribution in [1.82, 2.24) is 14.4 Å². The Morgan fingerprint density at radius 2 is 2.29 bits per heavy atom. The maximum atomic E-state index is 10.6. The molecule has 2 rings (SSSR count). The third-order valence-corrected chi connectivity index (χ3v) is 1.70. The fourth-order valence-corrected chi connectivity index (χ4v) is 1.07. The first-order valence-electron chi connectivity index (χ1n) is 3.74. The van der Waals surface area contributed by atoms with Crippen molar-refractivity contribution in [3.05, 3.63) is 29.8 Å². The number of carbonyl (C=O) groups is 2. The van der Waals surface area contributed by atoms with Crippen molar-refractivity contribution in [3.8, 4) is 0 Å². The van der Waals surface area contributed by atoms with Crippen LogP contribution in [0, 0.1) is 0 Å². The summed E-state index contributed by atoms with van der Waals surface area (Å²) in [5, 5.41) is 8.66. The van der Waals surface area contributed by atoms with Gasteiger partial charge in [-0.05, 0) is 0 Å². The Hall–Kier alpha value is -2.24. The van der Waals surface area contributed by atoms with Gasteiger partial charge in [0, 0.05) is 18.6 Å². The molecule has 70 valence electrons. The minimum absolute atomic E-state index is 0.0485. The van der Waals surface area contributed by atoms with E-state index in [1.807, 2.05) is 0 Å². The van der Waals surface area contributed by atoms with E-state index in [0.29, 0.717) is 12.1 Å². The van der Waals surface area contributed by atoms with Gasteiger partial charge in [-0.25, -0.2) is 14.8 Å². The van der Waals surface area contributed by atoms with Crippen LogP contribution in [-0.2, 0) is 0 Å². The van der Waals surface area contributed by atoms with Gasteiger partial charge < -0.3 is 5.11 Å². The van der Waals surface area contributed by atoms with Crippen LogP contribution < -0.4 is 0 Å². The highest BCUT2D eigenvalue weighted by molar-refractivity contribution is 5.87. The molecule has 0 radical (unpaired) electrons. The summed E-state index contributed by atoms with van der Waals surface area (Å²) in [6.07, 6.45) is 4.54. The molecule has 1 N–H and O–H groups in total. The van der Waals surface area contributed by atoms with Crippen molar-refractivity contribution in [2.75, 3.05) is 0 Å². The molecule has 0 aliphatic rings. The molecule has 0 atom stereocenters. The number of aromatic carboxylic acids is 1. The number of carboxylic acid groups (broad SMARTS) is 1. The predicted molar refractivity (Wildman–Crippen MR) is 45.3 cm³/mol. The van der Waals surface area contributed by atoms with Crippen LogP contribution in [0.2, 0.25) is 0 Å². The second-order valence-corrected chi connectivity index (χ2v) is 2.64. The first-order valence-corrected chi connectivity index (χ1v) is 3.74. The lowest BCUT2D eigenvalue weighted by Gasteiger charge is -1.94. The number of carboxylic acids is 1. The zero-order valence-electron chi connectivity index (χ0n) is 6.91. The van der Waals surface area contributed by atoms with Crippen LogP contribution in [0.25, 0.3) is 5.78 Å². The van der Waals surface area contributed by atoms with Crippen molar-refractivity contribution in [1.29, 1.82) is 0 Å². The van der Waals surface area contributed by atoms with E-state index in [1.165, 1.54) is 23.0 Å². The van der Waals surface area contributed by atoms with E-state index >= 15 is 0 Å². The van der Waals surface area contributed by atoms with Crippen molar-refractivity contribution < 1.29 is 14.7 Å². The van der Waals surface area contributed by atoms with Gasteiger partial charge in [-0.15, -0.1) is 0 Å². The van der Waals surface area contributed by atoms with Gasteiger partial charge in [0.2, 0.25) is 5.78 Å². The summed E-state index contributed by atoms with van der Waals surface area (Å²) in [5.41, 5.74) is 0.271. The Morgan fingerprint density at radius 3 is 2.93 bits per heavy atom. The molecule has 0 aliphatic carbocycles. The summed E-state index contributed by atoms with van der Waals surface area (Å²) in [6, 6.07) is 0. The number of imidazole rings is 1. The molecule has 2 aromatic rings. The Kier molecular flexibility index (Phi) is 1.74. The SMILES string of the molecule is O=Cc1cn2cc(C(=O)O)cnc2n1. The quantitative estimate of drug-likeness (QED) is 0.687. The molecule has 6 heteroatoms. The highest BCUT2D eigenvalue weighted by Gasteiger charge is 2.06. The minimum atomic E-state index is -1.07. The number of rotatable bonds is 2. The van der Waals surface area contributed by atoms with Crippen molar-refractivity contribution >= 4 is 18.0 Å². The first kappa shape index (κ1) is 8.36. The van der Waals surface area contributed by atoms with Gasteiger partial charge in [0.15, 0.2) is 6.29 Å². The van der Waals surface area contributed by atoms with E-state index in [4.69, 9.17) is 5.11 Å². The molecule has 6 nitrogen and oxygen atoms in total. The molecule has 0 fully saturated rings. The van der Waals surface area contributed by atoms with Gasteiger partial charge in [0.1, 0.15) is 5.69 Å². The number of aromatic nitrogens is 3. The zero-order chi connectivity index (χ0) is 10.1. The average Bonchev–Trinajstić information content (AvgIpc) is 2.58. The van der Waals surface area contributed by atoms with Crippen molar-refractivity contribution in [3.63, 3.8) is 0 Å². The number of fused-ring (bicyclic) bond motifs is 1. The molecular weight excluding hydrogens is 186 g/mol. The maximum Gasteiger partial charge on any atom is 0.338 e. The molecule has 2 heterocycles. The normalized spacial score (nSPS) is 10.3. The molecule has 0 saturated carbocycles. The van der Waals surface area contributed by atoms with Gasteiger partial charge >= 0.3 is 5.97 Å². The standard InChI is InChI=1S/C8H5N3O3/c12-4-6-3-11-2-5(7(13)14)1-9-8(11)10-6/h1-4H,(H,13,14). The largest absolute Gasteiger partial charge is 0.478 e. The van der Waals surface area contributed by atoms with Crippen LogP contribution in [-0.4, -0.2) is 31.7 Å². The fraction of sp³-hybridized carbons (Fsp3) is 0. The number of hydrogen-bond acceptors (Lipinski definition) is 4. The Bertz CT molecular complexity index is 518. The topological polar surface area (TPSA) is 84.6 Å². The number of aldehydes is 1. The molecule has 0 aliphatic heterocycles. The van der Waals surface area contributed by atoms with Gasteiger partial charge in [0.25, 0.3) is 0 Å². The van der Waals surface area contributed by atoms with Crippen LogP contribution in [0.4, 0.5) is 0 Å². The van der Waals surface area contributed by atoms with E-state index in [0.717, 1.165) is 0 Å². The lowest BCUT2D eigenvalue weighted by Crippen LogP contribution is -1.99. The zero-order valence-corrected chi connectivity index (χ0v) is 6.91. The monoisotopic (exact) mass is 191 g/mol. The van der Waals surface area contributed by atoms with Gasteiger partial charge in [-0.2, -0.15) is 0 Å². The summed E-state index contributed by atoms with van der Waals surface area (Å²) in [5.74, 6) is -0.766. The minimum Gasteiger partial charge on any atom is -0.478 e. The van der Waals surface area contributed by atoms with Crippen molar-refractivity contribution in [2.45, 2.75) is 0 Å². The van der Waals surface area contributed by atoms with E-state index in [2.05, 4.69) is 9.97 Å². The second-order valence-electron chi connectivity index (χ2n) is 2.64. The van der Waals surface area contributed by atoms with Crippen LogP contribution in [0.15, 0.2) is 18.6 Å². The number of carbonyl (C=O) groups excluding carboxylic acids is 1. The summed E-state index contributed by atoms with van der Waals surface area (Å²) in [6.45, 7) is 0. The highest BCUT2D eigenvalue weighted by Crippen LogP contribution is 2.03. The number of nitrogens with zero attached hydrogens (tertiary/aromatic N) is 3. The molecule has 0 amide bonds. The lowest BCUT2D eigenvalue weighted by molar-refractivity contribution is 0.0695. The number of hydrogen-bond donors (Lipinski definition) is 1.